The lowest BCUT2D eigenvalue weighted by Crippen LogP contribution is -2.29. The van der Waals surface area contributed by atoms with Gasteiger partial charge in [-0.25, -0.2) is 4.79 Å². The Labute approximate surface area is 108 Å². The predicted molar refractivity (Wildman–Crippen MR) is 64.9 cm³/mol. The van der Waals surface area contributed by atoms with E-state index in [1.165, 1.54) is 7.11 Å². The third-order valence-corrected chi connectivity index (χ3v) is 2.87. The number of methoxy groups -OCH3 is 1. The Kier molecular flexibility index (Phi) is 3.37. The van der Waals surface area contributed by atoms with Crippen LogP contribution in [-0.2, 0) is 9.53 Å². The topological polar surface area (TPSA) is 105 Å². The first-order valence-electron chi connectivity index (χ1n) is 5.51. The van der Waals surface area contributed by atoms with Crippen molar-refractivity contribution in [1.82, 2.24) is 0 Å². The number of rotatable bonds is 3. The Bertz CT molecular complexity index is 567. The van der Waals surface area contributed by atoms with Crippen molar-refractivity contribution in [3.63, 3.8) is 0 Å². The zero-order valence-electron chi connectivity index (χ0n) is 10.2. The molecule has 0 spiro atoms. The molecule has 19 heavy (non-hydrogen) atoms. The number of nitrogens with two attached hydrogens (primary N) is 1. The van der Waals surface area contributed by atoms with Crippen LogP contribution < -0.4 is 10.5 Å². The first kappa shape index (κ1) is 12.9. The van der Waals surface area contributed by atoms with Crippen LogP contribution in [-0.4, -0.2) is 24.5 Å². The molecule has 1 aliphatic rings. The van der Waals surface area contributed by atoms with Crippen LogP contribution in [0.1, 0.15) is 11.5 Å². The fraction of sp³-hybridized carbons (Fsp3) is 0.250. The molecule has 2 rings (SSSR count). The molecule has 0 bridgehead atoms. The van der Waals surface area contributed by atoms with Gasteiger partial charge in [0.25, 0.3) is 0 Å². The van der Waals surface area contributed by atoms with E-state index in [9.17, 15) is 14.9 Å². The van der Waals surface area contributed by atoms with Gasteiger partial charge >= 0.3 is 5.97 Å². The largest absolute Gasteiger partial charge is 0.465 e. The maximum atomic E-state index is 11.7. The fourth-order valence-electron chi connectivity index (χ4n) is 2.05. The van der Waals surface area contributed by atoms with Crippen LogP contribution in [0, 0.1) is 10.1 Å². The van der Waals surface area contributed by atoms with E-state index in [1.807, 2.05) is 0 Å². The molecule has 0 fully saturated rings. The molecule has 1 aromatic rings. The molecule has 1 aliphatic heterocycles. The zero-order chi connectivity index (χ0) is 14.0. The fourth-order valence-corrected chi connectivity index (χ4v) is 2.05. The summed E-state index contributed by atoms with van der Waals surface area (Å²) in [5, 5.41) is 10.8. The lowest BCUT2D eigenvalue weighted by atomic mass is 9.89. The number of carbonyl (C=O) groups excluding carboxylic acids is 1. The minimum Gasteiger partial charge on any atom is -0.465 e. The van der Waals surface area contributed by atoms with Gasteiger partial charge in [0.2, 0.25) is 12.4 Å². The molecule has 0 saturated carbocycles. The molecule has 0 radical (unpaired) electrons. The standard InChI is InChI=1S/C12H12N2O5/c1-18-12(15)10-8(6-14(16)17)7-4-2-3-5-9(7)19-11(10)13/h2-5,8H,6,13H2,1H3. The highest BCUT2D eigenvalue weighted by atomic mass is 16.6. The minimum atomic E-state index is -0.771. The van der Waals surface area contributed by atoms with Gasteiger partial charge in [0.1, 0.15) is 11.3 Å². The monoisotopic (exact) mass is 264 g/mol. The van der Waals surface area contributed by atoms with Gasteiger partial charge in [-0.1, -0.05) is 18.2 Å². The van der Waals surface area contributed by atoms with Gasteiger partial charge in [-0.3, -0.25) is 10.1 Å². The molecule has 1 atom stereocenters. The summed E-state index contributed by atoms with van der Waals surface area (Å²) in [7, 11) is 1.19. The number of hydrogen-bond donors (Lipinski definition) is 1. The molecular weight excluding hydrogens is 252 g/mol. The molecule has 0 saturated heterocycles. The van der Waals surface area contributed by atoms with Crippen LogP contribution in [0.25, 0.3) is 0 Å². The highest BCUT2D eigenvalue weighted by Gasteiger charge is 2.36. The molecule has 100 valence electrons. The highest BCUT2D eigenvalue weighted by Crippen LogP contribution is 2.38. The number of carbonyl (C=O) groups is 1. The summed E-state index contributed by atoms with van der Waals surface area (Å²) in [5.41, 5.74) is 6.20. The SMILES string of the molecule is COC(=O)C1=C(N)Oc2ccccc2C1C[N+](=O)[O-]. The molecule has 0 aliphatic carbocycles. The number of fused-ring (bicyclic) bond motifs is 1. The van der Waals surface area contributed by atoms with E-state index in [1.54, 1.807) is 24.3 Å². The van der Waals surface area contributed by atoms with Gasteiger partial charge in [0.15, 0.2) is 0 Å². The van der Waals surface area contributed by atoms with Crippen LogP contribution in [0.2, 0.25) is 0 Å². The van der Waals surface area contributed by atoms with E-state index in [-0.39, 0.29) is 11.5 Å². The van der Waals surface area contributed by atoms with Crippen LogP contribution in [0.5, 0.6) is 5.75 Å². The second-order valence-corrected chi connectivity index (χ2v) is 3.98. The molecule has 0 amide bonds. The molecule has 7 nitrogen and oxygen atoms in total. The summed E-state index contributed by atoms with van der Waals surface area (Å²) in [5.74, 6) is -1.23. The minimum absolute atomic E-state index is 0.0158. The first-order valence-corrected chi connectivity index (χ1v) is 5.51. The highest BCUT2D eigenvalue weighted by molar-refractivity contribution is 5.91. The number of benzene rings is 1. The number of ether oxygens (including phenoxy) is 2. The number of nitro groups is 1. The Hall–Kier alpha value is -2.57. The van der Waals surface area contributed by atoms with E-state index in [0.717, 1.165) is 0 Å². The van der Waals surface area contributed by atoms with E-state index in [0.29, 0.717) is 11.3 Å². The maximum absolute atomic E-state index is 11.7. The summed E-state index contributed by atoms with van der Waals surface area (Å²) in [4.78, 5) is 22.0. The summed E-state index contributed by atoms with van der Waals surface area (Å²) in [6.45, 7) is -0.453. The summed E-state index contributed by atoms with van der Waals surface area (Å²) >= 11 is 0. The lowest BCUT2D eigenvalue weighted by molar-refractivity contribution is -0.482. The molecule has 0 aromatic heterocycles. The third-order valence-electron chi connectivity index (χ3n) is 2.87. The number of para-hydroxylation sites is 1. The van der Waals surface area contributed by atoms with Crippen molar-refractivity contribution in [2.45, 2.75) is 5.92 Å². The van der Waals surface area contributed by atoms with Crippen molar-refractivity contribution >= 4 is 5.97 Å². The van der Waals surface area contributed by atoms with Crippen LogP contribution in [0.15, 0.2) is 35.7 Å². The third kappa shape index (κ3) is 2.35. The summed E-state index contributed by atoms with van der Waals surface area (Å²) in [6.07, 6.45) is 0. The molecule has 1 heterocycles. The van der Waals surface area contributed by atoms with Crippen molar-refractivity contribution in [3.8, 4) is 5.75 Å². The van der Waals surface area contributed by atoms with E-state index in [2.05, 4.69) is 4.74 Å². The second kappa shape index (κ2) is 4.97. The Morgan fingerprint density at radius 2 is 2.21 bits per heavy atom. The number of nitrogens with zero attached hydrogens (tertiary/aromatic N) is 1. The lowest BCUT2D eigenvalue weighted by Gasteiger charge is -2.25. The van der Waals surface area contributed by atoms with Gasteiger partial charge in [-0.15, -0.1) is 0 Å². The van der Waals surface area contributed by atoms with Crippen molar-refractivity contribution in [1.29, 1.82) is 0 Å². The van der Waals surface area contributed by atoms with E-state index >= 15 is 0 Å². The average Bonchev–Trinajstić information content (AvgIpc) is 2.37. The normalized spacial score (nSPS) is 17.4. The molecular formula is C12H12N2O5. The van der Waals surface area contributed by atoms with Gasteiger partial charge in [-0.2, -0.15) is 0 Å². The van der Waals surface area contributed by atoms with Crippen LogP contribution in [0.3, 0.4) is 0 Å². The van der Waals surface area contributed by atoms with Crippen molar-refractivity contribution < 1.29 is 19.2 Å². The van der Waals surface area contributed by atoms with Gasteiger partial charge < -0.3 is 15.2 Å². The second-order valence-electron chi connectivity index (χ2n) is 3.98. The average molecular weight is 264 g/mol. The molecule has 2 N–H and O–H groups in total. The molecule has 1 aromatic carbocycles. The van der Waals surface area contributed by atoms with Gasteiger partial charge in [0, 0.05) is 10.5 Å². The van der Waals surface area contributed by atoms with Crippen LogP contribution >= 0.6 is 0 Å². The predicted octanol–water partition coefficient (Wildman–Crippen LogP) is 0.783. The van der Waals surface area contributed by atoms with E-state index < -0.39 is 23.4 Å². The van der Waals surface area contributed by atoms with Crippen molar-refractivity contribution in [2.75, 3.05) is 13.7 Å². The first-order chi connectivity index (χ1) is 9.04. The molecule has 1 unspecified atom stereocenters. The quantitative estimate of drug-likeness (QED) is 0.491. The smallest absolute Gasteiger partial charge is 0.340 e. The van der Waals surface area contributed by atoms with Crippen molar-refractivity contribution in [3.05, 3.63) is 51.4 Å². The van der Waals surface area contributed by atoms with Gasteiger partial charge in [0.05, 0.1) is 13.0 Å². The Balaban J connectivity index is 2.52. The van der Waals surface area contributed by atoms with Gasteiger partial charge in [-0.05, 0) is 6.07 Å². The number of hydrogen-bond acceptors (Lipinski definition) is 6. The summed E-state index contributed by atoms with van der Waals surface area (Å²) < 4.78 is 9.92. The Morgan fingerprint density at radius 3 is 2.84 bits per heavy atom. The maximum Gasteiger partial charge on any atom is 0.340 e. The van der Waals surface area contributed by atoms with Crippen molar-refractivity contribution in [2.24, 2.45) is 5.73 Å². The zero-order valence-corrected chi connectivity index (χ0v) is 10.2. The number of esters is 1. The Morgan fingerprint density at radius 1 is 1.53 bits per heavy atom. The summed E-state index contributed by atoms with van der Waals surface area (Å²) in [6, 6.07) is 6.74. The van der Waals surface area contributed by atoms with Crippen LogP contribution in [0.4, 0.5) is 0 Å². The van der Waals surface area contributed by atoms with E-state index in [4.69, 9.17) is 10.5 Å². The molecule has 7 heteroatoms.